The quantitative estimate of drug-likeness (QED) is 0.538. The predicted molar refractivity (Wildman–Crippen MR) is 115 cm³/mol. The molecule has 0 aliphatic rings. The molecule has 0 atom stereocenters. The van der Waals surface area contributed by atoms with Crippen molar-refractivity contribution in [2.45, 2.75) is 20.3 Å². The maximum atomic E-state index is 2.56. The molecular formula is C24H29P. The van der Waals surface area contributed by atoms with Crippen molar-refractivity contribution < 1.29 is 0 Å². The summed E-state index contributed by atoms with van der Waals surface area (Å²) in [7, 11) is 0. The minimum absolute atomic E-state index is 0.692. The second-order valence-electron chi connectivity index (χ2n) is 7.71. The normalized spacial score (nSPS) is 13.4. The number of hydrogen-bond acceptors (Lipinski definition) is 0. The van der Waals surface area contributed by atoms with Crippen LogP contribution >= 0.6 is 6.60 Å². The van der Waals surface area contributed by atoms with Gasteiger partial charge < -0.3 is 0 Å². The fraction of sp³-hybridized carbons (Fsp3) is 0.250. The summed E-state index contributed by atoms with van der Waals surface area (Å²) in [5, 5.41) is 4.48. The van der Waals surface area contributed by atoms with Crippen LogP contribution in [0.5, 0.6) is 0 Å². The van der Waals surface area contributed by atoms with E-state index in [2.05, 4.69) is 112 Å². The molecule has 0 heterocycles. The average molecular weight is 348 g/mol. The summed E-state index contributed by atoms with van der Waals surface area (Å²) < 4.78 is 0. The molecule has 0 amide bonds. The molecule has 3 aromatic rings. The topological polar surface area (TPSA) is 0 Å². The fourth-order valence-corrected chi connectivity index (χ4v) is 9.68. The molecule has 0 spiro atoms. The van der Waals surface area contributed by atoms with Crippen LogP contribution in [0.25, 0.3) is 0 Å². The zero-order chi connectivity index (χ0) is 17.8. The van der Waals surface area contributed by atoms with Crippen LogP contribution in [0.4, 0.5) is 0 Å². The minimum atomic E-state index is -2.50. The molecule has 25 heavy (non-hydrogen) atoms. The van der Waals surface area contributed by atoms with Crippen LogP contribution in [0.2, 0.25) is 0 Å². The maximum absolute atomic E-state index is 2.56. The van der Waals surface area contributed by atoms with E-state index in [0.29, 0.717) is 5.92 Å². The molecule has 0 unspecified atom stereocenters. The average Bonchev–Trinajstić information content (AvgIpc) is 2.68. The van der Waals surface area contributed by atoms with Gasteiger partial charge in [0.15, 0.2) is 0 Å². The Balaban J connectivity index is 2.36. The monoisotopic (exact) mass is 348 g/mol. The number of benzene rings is 3. The molecule has 3 aromatic carbocycles. The molecule has 1 heteroatoms. The molecule has 0 saturated heterocycles. The first-order chi connectivity index (χ1) is 12.1. The van der Waals surface area contributed by atoms with Crippen molar-refractivity contribution in [1.29, 1.82) is 0 Å². The second-order valence-corrected chi connectivity index (χ2v) is 13.3. The van der Waals surface area contributed by atoms with Gasteiger partial charge in [-0.25, -0.2) is 0 Å². The third kappa shape index (κ3) is 3.16. The van der Waals surface area contributed by atoms with Gasteiger partial charge in [-0.1, -0.05) is 0 Å². The summed E-state index contributed by atoms with van der Waals surface area (Å²) in [5.41, 5.74) is 0. The van der Waals surface area contributed by atoms with Crippen LogP contribution in [0.1, 0.15) is 20.3 Å². The van der Waals surface area contributed by atoms with E-state index in [0.717, 1.165) is 0 Å². The van der Waals surface area contributed by atoms with Gasteiger partial charge in [-0.2, -0.15) is 0 Å². The molecular weight excluding hydrogens is 319 g/mol. The zero-order valence-electron chi connectivity index (χ0n) is 15.6. The summed E-state index contributed by atoms with van der Waals surface area (Å²) in [6.07, 6.45) is 2.44. The molecule has 0 nitrogen and oxygen atoms in total. The van der Waals surface area contributed by atoms with E-state index >= 15 is 0 Å². The van der Waals surface area contributed by atoms with E-state index in [4.69, 9.17) is 0 Å². The van der Waals surface area contributed by atoms with Gasteiger partial charge in [0, 0.05) is 0 Å². The Morgan fingerprint density at radius 2 is 0.920 bits per heavy atom. The summed E-state index contributed by atoms with van der Waals surface area (Å²) in [4.78, 5) is 0. The third-order valence-corrected chi connectivity index (χ3v) is 12.1. The van der Waals surface area contributed by atoms with Crippen molar-refractivity contribution in [2.24, 2.45) is 5.92 Å². The van der Waals surface area contributed by atoms with Gasteiger partial charge >= 0.3 is 153 Å². The van der Waals surface area contributed by atoms with Crippen LogP contribution in [0.15, 0.2) is 91.0 Å². The molecule has 0 aliphatic heterocycles. The van der Waals surface area contributed by atoms with Crippen LogP contribution < -0.4 is 15.9 Å². The summed E-state index contributed by atoms with van der Waals surface area (Å²) in [6.45, 7) is 4.74. The molecule has 3 rings (SSSR count). The van der Waals surface area contributed by atoms with E-state index in [-0.39, 0.29) is 0 Å². The Morgan fingerprint density at radius 1 is 0.600 bits per heavy atom. The van der Waals surface area contributed by atoms with E-state index in [1.165, 1.54) is 28.5 Å². The zero-order valence-corrected chi connectivity index (χ0v) is 16.5. The van der Waals surface area contributed by atoms with Gasteiger partial charge in [-0.3, -0.25) is 0 Å². The van der Waals surface area contributed by atoms with Crippen LogP contribution in [0, 0.1) is 5.92 Å². The van der Waals surface area contributed by atoms with Crippen LogP contribution in [-0.4, -0.2) is 12.8 Å². The Kier molecular flexibility index (Phi) is 5.11. The standard InChI is InChI=1S/C24H29P/c1-21(2)19-20-25(3,22-13-7-4-8-14-22,23-15-9-5-10-16-23)24-17-11-6-12-18-24/h4-18,21H,19-20H2,1-3H3. The van der Waals surface area contributed by atoms with Crippen molar-refractivity contribution in [2.75, 3.05) is 12.8 Å². The van der Waals surface area contributed by atoms with Crippen molar-refractivity contribution in [3.05, 3.63) is 91.0 Å². The van der Waals surface area contributed by atoms with Crippen molar-refractivity contribution in [1.82, 2.24) is 0 Å². The van der Waals surface area contributed by atoms with Crippen molar-refractivity contribution in [3.63, 3.8) is 0 Å². The van der Waals surface area contributed by atoms with Crippen molar-refractivity contribution in [3.8, 4) is 0 Å². The van der Waals surface area contributed by atoms with E-state index < -0.39 is 6.60 Å². The van der Waals surface area contributed by atoms with Gasteiger partial charge in [0.2, 0.25) is 0 Å². The first kappa shape index (κ1) is 17.9. The number of hydrogen-bond donors (Lipinski definition) is 0. The number of rotatable bonds is 6. The van der Waals surface area contributed by atoms with Gasteiger partial charge in [-0.05, 0) is 0 Å². The van der Waals surface area contributed by atoms with Gasteiger partial charge in [-0.15, -0.1) is 0 Å². The summed E-state index contributed by atoms with van der Waals surface area (Å²) >= 11 is 0. The molecule has 0 N–H and O–H groups in total. The fourth-order valence-electron chi connectivity index (χ4n) is 3.91. The first-order valence-electron chi connectivity index (χ1n) is 9.23. The Morgan fingerprint density at radius 3 is 1.20 bits per heavy atom. The van der Waals surface area contributed by atoms with Crippen LogP contribution in [-0.2, 0) is 0 Å². The summed E-state index contributed by atoms with van der Waals surface area (Å²) in [5.74, 6) is 0.692. The molecule has 0 aromatic heterocycles. The molecule has 0 radical (unpaired) electrons. The summed E-state index contributed by atoms with van der Waals surface area (Å²) in [6, 6.07) is 33.6. The van der Waals surface area contributed by atoms with Gasteiger partial charge in [0.1, 0.15) is 0 Å². The van der Waals surface area contributed by atoms with Gasteiger partial charge in [0.25, 0.3) is 0 Å². The third-order valence-electron chi connectivity index (χ3n) is 5.63. The first-order valence-corrected chi connectivity index (χ1v) is 12.1. The second kappa shape index (κ2) is 7.14. The Bertz CT molecular complexity index is 692. The Hall–Kier alpha value is -1.91. The Labute approximate surface area is 152 Å². The molecule has 0 bridgehead atoms. The van der Waals surface area contributed by atoms with E-state index in [9.17, 15) is 0 Å². The molecule has 0 aliphatic carbocycles. The van der Waals surface area contributed by atoms with E-state index in [1.54, 1.807) is 0 Å². The van der Waals surface area contributed by atoms with Crippen LogP contribution in [0.3, 0.4) is 0 Å². The molecule has 0 fully saturated rings. The van der Waals surface area contributed by atoms with Gasteiger partial charge in [0.05, 0.1) is 0 Å². The predicted octanol–water partition coefficient (Wildman–Crippen LogP) is 5.19. The molecule has 0 saturated carbocycles. The van der Waals surface area contributed by atoms with E-state index in [1.807, 2.05) is 0 Å². The van der Waals surface area contributed by atoms with Crippen molar-refractivity contribution >= 4 is 22.5 Å². The SMILES string of the molecule is CC(C)CCP(C)(c1ccccc1)(c1ccccc1)c1ccccc1. The molecule has 130 valence electrons.